The van der Waals surface area contributed by atoms with Gasteiger partial charge in [-0.3, -0.25) is 9.10 Å². The maximum absolute atomic E-state index is 13.3. The van der Waals surface area contributed by atoms with Crippen LogP contribution in [0.3, 0.4) is 0 Å². The second-order valence-electron chi connectivity index (χ2n) is 7.56. The van der Waals surface area contributed by atoms with Crippen LogP contribution in [-0.4, -0.2) is 26.6 Å². The van der Waals surface area contributed by atoms with Crippen molar-refractivity contribution in [1.29, 1.82) is 0 Å². The lowest BCUT2D eigenvalue weighted by molar-refractivity contribution is -0.117. The van der Waals surface area contributed by atoms with Crippen molar-refractivity contribution in [2.75, 3.05) is 15.9 Å². The molecule has 0 saturated carbocycles. The van der Waals surface area contributed by atoms with Crippen LogP contribution in [0.25, 0.3) is 10.8 Å². The van der Waals surface area contributed by atoms with Crippen LogP contribution in [-0.2, 0) is 27.7 Å². The van der Waals surface area contributed by atoms with Crippen LogP contribution < -0.4 is 9.62 Å². The Morgan fingerprint density at radius 1 is 1.07 bits per heavy atom. The van der Waals surface area contributed by atoms with Gasteiger partial charge in [-0.2, -0.15) is 0 Å². The molecule has 0 heterocycles. The van der Waals surface area contributed by atoms with E-state index in [2.05, 4.69) is 11.4 Å². The smallest absolute Gasteiger partial charge is 0.248 e. The fourth-order valence-corrected chi connectivity index (χ4v) is 5.56. The van der Waals surface area contributed by atoms with Gasteiger partial charge in [0.2, 0.25) is 15.9 Å². The average Bonchev–Trinajstić information content (AvgIpc) is 3.13. The van der Waals surface area contributed by atoms with Crippen molar-refractivity contribution in [2.24, 2.45) is 0 Å². The molecule has 1 atom stereocenters. The highest BCUT2D eigenvalue weighted by Crippen LogP contribution is 2.35. The first kappa shape index (κ1) is 20.7. The van der Waals surface area contributed by atoms with Crippen molar-refractivity contribution in [3.05, 3.63) is 70.7 Å². The van der Waals surface area contributed by atoms with Crippen LogP contribution in [0.2, 0.25) is 5.02 Å². The minimum absolute atomic E-state index is 0.322. The lowest BCUT2D eigenvalue weighted by Gasteiger charge is -2.30. The third-order valence-electron chi connectivity index (χ3n) is 5.55. The molecule has 1 aliphatic rings. The van der Waals surface area contributed by atoms with E-state index in [-0.39, 0.29) is 5.91 Å². The summed E-state index contributed by atoms with van der Waals surface area (Å²) in [5.74, 6) is -0.364. The number of anilines is 2. The molecule has 0 radical (unpaired) electrons. The topological polar surface area (TPSA) is 66.5 Å². The molecule has 0 fully saturated rings. The van der Waals surface area contributed by atoms with Crippen molar-refractivity contribution in [2.45, 2.75) is 32.2 Å². The van der Waals surface area contributed by atoms with Gasteiger partial charge in [0.15, 0.2) is 0 Å². The van der Waals surface area contributed by atoms with Crippen molar-refractivity contribution < 1.29 is 13.2 Å². The molecule has 0 aliphatic heterocycles. The maximum Gasteiger partial charge on any atom is 0.248 e. The van der Waals surface area contributed by atoms with Gasteiger partial charge < -0.3 is 5.32 Å². The molecule has 4 rings (SSSR count). The van der Waals surface area contributed by atoms with Crippen molar-refractivity contribution in [3.8, 4) is 0 Å². The van der Waals surface area contributed by atoms with Crippen LogP contribution in [0.1, 0.15) is 24.5 Å². The third-order valence-corrected chi connectivity index (χ3v) is 6.98. The second kappa shape index (κ2) is 7.93. The van der Waals surface area contributed by atoms with Crippen molar-refractivity contribution in [1.82, 2.24) is 0 Å². The Bertz CT molecular complexity index is 1210. The minimum atomic E-state index is -3.70. The summed E-state index contributed by atoms with van der Waals surface area (Å²) in [7, 11) is -3.70. The second-order valence-corrected chi connectivity index (χ2v) is 9.86. The number of amides is 1. The van der Waals surface area contributed by atoms with Crippen LogP contribution in [0.15, 0.2) is 54.6 Å². The van der Waals surface area contributed by atoms with E-state index >= 15 is 0 Å². The number of hydrogen-bond donors (Lipinski definition) is 1. The van der Waals surface area contributed by atoms with E-state index in [0.717, 1.165) is 24.5 Å². The van der Waals surface area contributed by atoms with E-state index in [0.29, 0.717) is 22.8 Å². The number of halogens is 1. The molecule has 5 nitrogen and oxygen atoms in total. The zero-order chi connectivity index (χ0) is 21.5. The fourth-order valence-electron chi connectivity index (χ4n) is 4.22. The van der Waals surface area contributed by atoms with E-state index in [1.807, 2.05) is 24.3 Å². The predicted octanol–water partition coefficient (Wildman–Crippen LogP) is 4.78. The van der Waals surface area contributed by atoms with Gasteiger partial charge in [0, 0.05) is 16.1 Å². The van der Waals surface area contributed by atoms with Crippen LogP contribution in [0.4, 0.5) is 11.4 Å². The monoisotopic (exact) mass is 442 g/mol. The van der Waals surface area contributed by atoms with E-state index < -0.39 is 16.1 Å². The Labute approximate surface area is 181 Å². The van der Waals surface area contributed by atoms with Crippen LogP contribution >= 0.6 is 11.6 Å². The molecule has 30 heavy (non-hydrogen) atoms. The summed E-state index contributed by atoms with van der Waals surface area (Å²) in [6.45, 7) is 1.80. The molecule has 3 aromatic rings. The van der Waals surface area contributed by atoms with Gasteiger partial charge in [0.05, 0.1) is 11.9 Å². The highest BCUT2D eigenvalue weighted by Gasteiger charge is 2.32. The molecular formula is C23H23ClN2O3S. The molecule has 7 heteroatoms. The van der Waals surface area contributed by atoms with Gasteiger partial charge in [0.1, 0.15) is 6.04 Å². The summed E-state index contributed by atoms with van der Waals surface area (Å²) in [6, 6.07) is 15.6. The summed E-state index contributed by atoms with van der Waals surface area (Å²) >= 11 is 5.95. The molecule has 156 valence electrons. The molecule has 1 N–H and O–H groups in total. The van der Waals surface area contributed by atoms with Crippen LogP contribution in [0.5, 0.6) is 0 Å². The lowest BCUT2D eigenvalue weighted by atomic mass is 10.0. The quantitative estimate of drug-likeness (QED) is 0.597. The van der Waals surface area contributed by atoms with Gasteiger partial charge in [-0.25, -0.2) is 8.42 Å². The molecular weight excluding hydrogens is 420 g/mol. The Hall–Kier alpha value is -2.57. The van der Waals surface area contributed by atoms with Crippen molar-refractivity contribution >= 4 is 49.7 Å². The first-order valence-corrected chi connectivity index (χ1v) is 12.1. The average molecular weight is 443 g/mol. The van der Waals surface area contributed by atoms with E-state index in [1.165, 1.54) is 20.8 Å². The number of nitrogens with zero attached hydrogens (tertiary/aromatic N) is 1. The Morgan fingerprint density at radius 2 is 1.73 bits per heavy atom. The number of carbonyl (C=O) groups is 1. The summed E-state index contributed by atoms with van der Waals surface area (Å²) in [6.07, 6.45) is 3.43. The van der Waals surface area contributed by atoms with Gasteiger partial charge in [-0.05, 0) is 66.1 Å². The zero-order valence-corrected chi connectivity index (χ0v) is 18.4. The van der Waals surface area contributed by atoms with Gasteiger partial charge in [-0.1, -0.05) is 42.8 Å². The number of sulfonamides is 1. The van der Waals surface area contributed by atoms with E-state index in [1.54, 1.807) is 31.2 Å². The Morgan fingerprint density at radius 3 is 2.37 bits per heavy atom. The predicted molar refractivity (Wildman–Crippen MR) is 123 cm³/mol. The van der Waals surface area contributed by atoms with Crippen molar-refractivity contribution in [3.63, 3.8) is 0 Å². The molecule has 0 bridgehead atoms. The maximum atomic E-state index is 13.3. The van der Waals surface area contributed by atoms with E-state index in [9.17, 15) is 13.2 Å². The number of benzene rings is 3. The summed E-state index contributed by atoms with van der Waals surface area (Å²) < 4.78 is 26.4. The number of aryl methyl sites for hydroxylation is 2. The summed E-state index contributed by atoms with van der Waals surface area (Å²) in [4.78, 5) is 13.3. The number of nitrogens with one attached hydrogen (secondary N) is 1. The standard InChI is InChI=1S/C23H23ClN2O3S/c1-3-21(26(30(2,28)29)18-12-10-17(24)11-13-18)23(27)25-20-14-9-16-8-7-15-5-4-6-19(20)22(15)16/h4-6,9-14,21H,3,7-8H2,1-2H3,(H,25,27)/t21-/m1/s1. The molecule has 1 amide bonds. The summed E-state index contributed by atoms with van der Waals surface area (Å²) in [5, 5.41) is 5.66. The van der Waals surface area contributed by atoms with Gasteiger partial charge in [0.25, 0.3) is 0 Å². The largest absolute Gasteiger partial charge is 0.324 e. The molecule has 0 saturated heterocycles. The SMILES string of the molecule is CC[C@H](C(=O)Nc1ccc2c3c(cccc13)CC2)N(c1ccc(Cl)cc1)S(C)(=O)=O. The first-order chi connectivity index (χ1) is 14.3. The zero-order valence-electron chi connectivity index (χ0n) is 16.9. The normalized spacial score (nSPS) is 14.0. The molecule has 0 spiro atoms. The van der Waals surface area contributed by atoms with Gasteiger partial charge >= 0.3 is 0 Å². The Balaban J connectivity index is 1.71. The first-order valence-electron chi connectivity index (χ1n) is 9.89. The highest BCUT2D eigenvalue weighted by molar-refractivity contribution is 7.92. The molecule has 0 aromatic heterocycles. The lowest BCUT2D eigenvalue weighted by Crippen LogP contribution is -2.47. The fraction of sp³-hybridized carbons (Fsp3) is 0.261. The number of hydrogen-bond acceptors (Lipinski definition) is 3. The number of carbonyl (C=O) groups excluding carboxylic acids is 1. The number of rotatable bonds is 6. The minimum Gasteiger partial charge on any atom is -0.324 e. The molecule has 0 unspecified atom stereocenters. The van der Waals surface area contributed by atoms with E-state index in [4.69, 9.17) is 11.6 Å². The molecule has 3 aromatic carbocycles. The van der Waals surface area contributed by atoms with Crippen LogP contribution in [0, 0.1) is 0 Å². The van der Waals surface area contributed by atoms with Gasteiger partial charge in [-0.15, -0.1) is 0 Å². The summed E-state index contributed by atoms with van der Waals surface area (Å²) in [5.41, 5.74) is 3.67. The third kappa shape index (κ3) is 3.77. The highest BCUT2D eigenvalue weighted by atomic mass is 35.5. The molecule has 1 aliphatic carbocycles. The Kier molecular flexibility index (Phi) is 5.47.